The molecule has 1 heterocycles. The van der Waals surface area contributed by atoms with Crippen LogP contribution in [0.25, 0.3) is 0 Å². The van der Waals surface area contributed by atoms with Crippen molar-refractivity contribution in [3.8, 4) is 0 Å². The molecule has 0 aliphatic carbocycles. The molecule has 1 aliphatic heterocycles. The zero-order valence-corrected chi connectivity index (χ0v) is 5.31. The zero-order chi connectivity index (χ0) is 6.69. The first-order chi connectivity index (χ1) is 4.30. The van der Waals surface area contributed by atoms with Crippen LogP contribution in [-0.2, 0) is 0 Å². The van der Waals surface area contributed by atoms with Gasteiger partial charge >= 0.3 is 0 Å². The van der Waals surface area contributed by atoms with Crippen molar-refractivity contribution < 1.29 is 0 Å². The fourth-order valence-corrected chi connectivity index (χ4v) is 0.568. The fraction of sp³-hybridized carbons (Fsp3) is 0.333. The molecule has 0 spiro atoms. The van der Waals surface area contributed by atoms with Crippen LogP contribution >= 0.6 is 0 Å². The summed E-state index contributed by atoms with van der Waals surface area (Å²) < 4.78 is 0. The lowest BCUT2D eigenvalue weighted by Gasteiger charge is -1.97. The van der Waals surface area contributed by atoms with Gasteiger partial charge in [-0.2, -0.15) is 0 Å². The molecule has 0 atom stereocenters. The Hall–Kier alpha value is -1.12. The van der Waals surface area contributed by atoms with E-state index in [1.165, 1.54) is 0 Å². The summed E-state index contributed by atoms with van der Waals surface area (Å²) in [4.78, 5) is 3.92. The van der Waals surface area contributed by atoms with Gasteiger partial charge in [0.15, 0.2) is 0 Å². The summed E-state index contributed by atoms with van der Waals surface area (Å²) in [5.41, 5.74) is 0.951. The van der Waals surface area contributed by atoms with E-state index in [2.05, 4.69) is 10.3 Å². The van der Waals surface area contributed by atoms with Crippen LogP contribution in [0.5, 0.6) is 0 Å². The van der Waals surface area contributed by atoms with Gasteiger partial charge in [-0.1, -0.05) is 6.08 Å². The van der Waals surface area contributed by atoms with Crippen LogP contribution in [0.4, 0.5) is 0 Å². The minimum atomic E-state index is 0.441. The van der Waals surface area contributed by atoms with Crippen molar-refractivity contribution >= 4 is 12.2 Å². The first-order valence-corrected chi connectivity index (χ1v) is 2.81. The lowest BCUT2D eigenvalue weighted by Crippen LogP contribution is -2.19. The molecule has 48 valence electrons. The summed E-state index contributed by atoms with van der Waals surface area (Å²) in [6, 6.07) is 0. The van der Waals surface area contributed by atoms with E-state index in [1.807, 2.05) is 13.0 Å². The maximum absolute atomic E-state index is 7.26. The van der Waals surface area contributed by atoms with E-state index in [0.717, 1.165) is 5.57 Å². The molecule has 0 aromatic rings. The smallest absolute Gasteiger partial charge is 0.125 e. The van der Waals surface area contributed by atoms with Crippen molar-refractivity contribution in [1.29, 1.82) is 5.41 Å². The van der Waals surface area contributed by atoms with Gasteiger partial charge in [0.2, 0.25) is 0 Å². The maximum atomic E-state index is 7.26. The highest BCUT2D eigenvalue weighted by molar-refractivity contribution is 6.02. The number of hydrogen-bond acceptors (Lipinski definition) is 2. The monoisotopic (exact) mass is 123 g/mol. The Morgan fingerprint density at radius 3 is 3.33 bits per heavy atom. The number of rotatable bonds is 0. The summed E-state index contributed by atoms with van der Waals surface area (Å²) in [6.45, 7) is 2.57. The molecule has 0 saturated heterocycles. The van der Waals surface area contributed by atoms with Crippen molar-refractivity contribution in [2.45, 2.75) is 6.92 Å². The van der Waals surface area contributed by atoms with Crippen LogP contribution < -0.4 is 5.32 Å². The van der Waals surface area contributed by atoms with Gasteiger partial charge in [0.05, 0.1) is 12.9 Å². The largest absolute Gasteiger partial charge is 0.332 e. The molecule has 0 unspecified atom stereocenters. The molecule has 1 aliphatic rings. The van der Waals surface area contributed by atoms with Crippen molar-refractivity contribution in [3.63, 3.8) is 0 Å². The maximum Gasteiger partial charge on any atom is 0.125 e. The van der Waals surface area contributed by atoms with E-state index < -0.39 is 0 Å². The van der Waals surface area contributed by atoms with E-state index in [0.29, 0.717) is 12.4 Å². The summed E-state index contributed by atoms with van der Waals surface area (Å²) >= 11 is 0. The van der Waals surface area contributed by atoms with Gasteiger partial charge in [-0.15, -0.1) is 0 Å². The molecule has 0 saturated carbocycles. The summed E-state index contributed by atoms with van der Waals surface area (Å²) in [6.07, 6.45) is 3.47. The van der Waals surface area contributed by atoms with Crippen LogP contribution in [0.15, 0.2) is 16.6 Å². The first-order valence-electron chi connectivity index (χ1n) is 2.81. The second-order valence-corrected chi connectivity index (χ2v) is 1.90. The van der Waals surface area contributed by atoms with Crippen LogP contribution in [0.3, 0.4) is 0 Å². The fourth-order valence-electron chi connectivity index (χ4n) is 0.568. The Bertz CT molecular complexity index is 179. The minimum Gasteiger partial charge on any atom is -0.332 e. The second-order valence-electron chi connectivity index (χ2n) is 1.90. The Kier molecular flexibility index (Phi) is 1.63. The van der Waals surface area contributed by atoms with Gasteiger partial charge in [0.1, 0.15) is 5.84 Å². The van der Waals surface area contributed by atoms with Gasteiger partial charge in [-0.05, 0) is 12.5 Å². The van der Waals surface area contributed by atoms with E-state index in [9.17, 15) is 0 Å². The molecule has 0 radical (unpaired) electrons. The number of nitrogens with one attached hydrogen (secondary N) is 2. The second kappa shape index (κ2) is 2.44. The minimum absolute atomic E-state index is 0.441. The van der Waals surface area contributed by atoms with E-state index in [-0.39, 0.29) is 0 Å². The number of hydrogen-bond donors (Lipinski definition) is 2. The quantitative estimate of drug-likeness (QED) is 0.485. The lowest BCUT2D eigenvalue weighted by atomic mass is 10.2. The lowest BCUT2D eigenvalue weighted by molar-refractivity contribution is 1.24. The topological polar surface area (TPSA) is 48.2 Å². The predicted octanol–water partition coefficient (Wildman–Crippen LogP) is 0.541. The summed E-state index contributed by atoms with van der Waals surface area (Å²) in [5.74, 6) is 0.441. The van der Waals surface area contributed by atoms with Gasteiger partial charge in [-0.3, -0.25) is 10.4 Å². The summed E-state index contributed by atoms with van der Waals surface area (Å²) in [5, 5.41) is 9.98. The van der Waals surface area contributed by atoms with E-state index in [4.69, 9.17) is 5.41 Å². The van der Waals surface area contributed by atoms with Crippen LogP contribution in [-0.4, -0.2) is 18.7 Å². The van der Waals surface area contributed by atoms with Crippen LogP contribution in [0.2, 0.25) is 0 Å². The first kappa shape index (κ1) is 6.01. The SMILES string of the molecule is CC1=CCN=CNC1=N. The third-order valence-corrected chi connectivity index (χ3v) is 1.20. The molecular formula is C6H9N3. The Morgan fingerprint density at radius 2 is 2.56 bits per heavy atom. The molecule has 3 heteroatoms. The predicted molar refractivity (Wildman–Crippen MR) is 38.0 cm³/mol. The third kappa shape index (κ3) is 1.38. The molecule has 0 aromatic carbocycles. The van der Waals surface area contributed by atoms with Gasteiger partial charge in [0.25, 0.3) is 0 Å². The molecule has 0 aromatic heterocycles. The van der Waals surface area contributed by atoms with Crippen LogP contribution in [0, 0.1) is 5.41 Å². The molecule has 9 heavy (non-hydrogen) atoms. The average Bonchev–Trinajstić information content (AvgIpc) is 1.99. The summed E-state index contributed by atoms with van der Waals surface area (Å²) in [7, 11) is 0. The van der Waals surface area contributed by atoms with Crippen molar-refractivity contribution in [1.82, 2.24) is 5.32 Å². The zero-order valence-electron chi connectivity index (χ0n) is 5.31. The standard InChI is InChI=1S/C6H9N3/c1-5-2-3-8-4-9-6(5)7/h2,4H,3H2,1H3,(H2,7,8,9). The van der Waals surface area contributed by atoms with E-state index in [1.54, 1.807) is 6.34 Å². The molecule has 0 amide bonds. The number of amidine groups is 1. The number of nitrogens with zero attached hydrogens (tertiary/aromatic N) is 1. The van der Waals surface area contributed by atoms with Gasteiger partial charge in [0, 0.05) is 0 Å². The number of aliphatic imine (C=N–C) groups is 1. The van der Waals surface area contributed by atoms with Crippen molar-refractivity contribution in [2.75, 3.05) is 6.54 Å². The highest BCUT2D eigenvalue weighted by Crippen LogP contribution is 1.93. The average molecular weight is 123 g/mol. The molecule has 1 rings (SSSR count). The molecule has 0 fully saturated rings. The molecule has 3 nitrogen and oxygen atoms in total. The Labute approximate surface area is 54.0 Å². The molecule has 2 N–H and O–H groups in total. The Balaban J connectivity index is 2.74. The van der Waals surface area contributed by atoms with E-state index >= 15 is 0 Å². The Morgan fingerprint density at radius 1 is 1.78 bits per heavy atom. The normalized spacial score (nSPS) is 18.3. The van der Waals surface area contributed by atoms with Gasteiger partial charge in [-0.25, -0.2) is 0 Å². The van der Waals surface area contributed by atoms with Crippen LogP contribution in [0.1, 0.15) is 6.92 Å². The molecular weight excluding hydrogens is 114 g/mol. The van der Waals surface area contributed by atoms with Gasteiger partial charge < -0.3 is 5.32 Å². The molecule has 0 bridgehead atoms. The van der Waals surface area contributed by atoms with Crippen molar-refractivity contribution in [2.24, 2.45) is 4.99 Å². The highest BCUT2D eigenvalue weighted by atomic mass is 15.0. The third-order valence-electron chi connectivity index (χ3n) is 1.20. The highest BCUT2D eigenvalue weighted by Gasteiger charge is 1.97. The van der Waals surface area contributed by atoms with Crippen molar-refractivity contribution in [3.05, 3.63) is 11.6 Å².